The minimum atomic E-state index is -0.379. The highest BCUT2D eigenvalue weighted by Gasteiger charge is 2.33. The largest absolute Gasteiger partial charge is 0.497 e. The summed E-state index contributed by atoms with van der Waals surface area (Å²) in [6, 6.07) is 24.9. The van der Waals surface area contributed by atoms with Crippen molar-refractivity contribution in [1.82, 2.24) is 14.8 Å². The Labute approximate surface area is 224 Å². The van der Waals surface area contributed by atoms with Crippen LogP contribution in [0.4, 0.5) is 0 Å². The molecule has 1 amide bonds. The van der Waals surface area contributed by atoms with Gasteiger partial charge >= 0.3 is 0 Å². The first-order valence-electron chi connectivity index (χ1n) is 12.0. The van der Waals surface area contributed by atoms with E-state index in [1.807, 2.05) is 60.7 Å². The summed E-state index contributed by atoms with van der Waals surface area (Å²) in [5, 5.41) is 11.2. The molecule has 8 nitrogen and oxygen atoms in total. The highest BCUT2D eigenvalue weighted by Crippen LogP contribution is 2.34. The Kier molecular flexibility index (Phi) is 7.24. The molecule has 0 N–H and O–H groups in total. The summed E-state index contributed by atoms with van der Waals surface area (Å²) in [4.78, 5) is 26.2. The molecule has 1 aliphatic rings. The zero-order chi connectivity index (χ0) is 26.6. The third-order valence-corrected chi connectivity index (χ3v) is 6.63. The van der Waals surface area contributed by atoms with Crippen molar-refractivity contribution in [2.45, 2.75) is 19.0 Å². The maximum Gasteiger partial charge on any atom is 0.267 e. The lowest BCUT2D eigenvalue weighted by Crippen LogP contribution is -2.34. The summed E-state index contributed by atoms with van der Waals surface area (Å²) in [5.41, 5.74) is 3.52. The molecule has 5 rings (SSSR count). The zero-order valence-corrected chi connectivity index (χ0v) is 21.6. The Bertz CT molecular complexity index is 1530. The number of amides is 1. The van der Waals surface area contributed by atoms with Crippen molar-refractivity contribution in [3.05, 3.63) is 111 Å². The van der Waals surface area contributed by atoms with E-state index in [-0.39, 0.29) is 24.1 Å². The predicted octanol–water partition coefficient (Wildman–Crippen LogP) is 4.96. The number of hydrogen-bond donors (Lipinski definition) is 0. The molecule has 1 aromatic heterocycles. The molecule has 1 atom stereocenters. The minimum Gasteiger partial charge on any atom is -0.497 e. The van der Waals surface area contributed by atoms with Crippen molar-refractivity contribution in [1.29, 1.82) is 0 Å². The van der Waals surface area contributed by atoms with Crippen LogP contribution in [-0.2, 0) is 11.3 Å². The van der Waals surface area contributed by atoms with Gasteiger partial charge in [-0.2, -0.15) is 10.2 Å². The molecule has 0 spiro atoms. The van der Waals surface area contributed by atoms with Crippen LogP contribution in [-0.4, -0.2) is 40.6 Å². The van der Waals surface area contributed by atoms with Crippen LogP contribution in [0.2, 0.25) is 5.02 Å². The number of nitrogens with zero attached hydrogens (tertiary/aromatic N) is 4. The molecule has 1 unspecified atom stereocenters. The number of carbonyl (C=O) groups excluding carboxylic acids is 1. The van der Waals surface area contributed by atoms with Crippen LogP contribution in [0.3, 0.4) is 0 Å². The van der Waals surface area contributed by atoms with Crippen molar-refractivity contribution < 1.29 is 14.3 Å². The van der Waals surface area contributed by atoms with E-state index < -0.39 is 0 Å². The number of hydrazone groups is 1. The first kappa shape index (κ1) is 25.2. The van der Waals surface area contributed by atoms with Gasteiger partial charge in [-0.05, 0) is 65.7 Å². The fraction of sp³-hybridized carbons (Fsp3) is 0.172. The van der Waals surface area contributed by atoms with E-state index in [1.54, 1.807) is 32.4 Å². The lowest BCUT2D eigenvalue weighted by molar-refractivity contribution is -0.133. The Hall–Kier alpha value is -4.43. The van der Waals surface area contributed by atoms with E-state index in [0.717, 1.165) is 38.6 Å². The average molecular weight is 529 g/mol. The second kappa shape index (κ2) is 10.9. The minimum absolute atomic E-state index is 0.258. The highest BCUT2D eigenvalue weighted by atomic mass is 35.5. The molecule has 0 bridgehead atoms. The first-order valence-corrected chi connectivity index (χ1v) is 12.3. The molecule has 0 fully saturated rings. The van der Waals surface area contributed by atoms with E-state index in [2.05, 4.69) is 5.10 Å². The standard InChI is InChI=1S/C29H25ClN4O4/c1-37-23-11-5-20(6-12-23)26-17-27(21-7-13-24(38-2)14-8-21)34(32-26)29(36)18-33-28(35)16-15-25(31-33)19-3-9-22(30)10-4-19/h3-16,27H,17-18H2,1-2H3. The predicted molar refractivity (Wildman–Crippen MR) is 146 cm³/mol. The van der Waals surface area contributed by atoms with Crippen LogP contribution in [0.1, 0.15) is 23.6 Å². The molecule has 38 heavy (non-hydrogen) atoms. The zero-order valence-electron chi connectivity index (χ0n) is 20.9. The van der Waals surface area contributed by atoms with Gasteiger partial charge in [-0.25, -0.2) is 9.69 Å². The Morgan fingerprint density at radius 3 is 2.11 bits per heavy atom. The normalized spacial score (nSPS) is 14.8. The van der Waals surface area contributed by atoms with Gasteiger partial charge in [0.2, 0.25) is 0 Å². The molecule has 0 radical (unpaired) electrons. The summed E-state index contributed by atoms with van der Waals surface area (Å²) in [6.07, 6.45) is 0.511. The van der Waals surface area contributed by atoms with Crippen molar-refractivity contribution in [3.63, 3.8) is 0 Å². The van der Waals surface area contributed by atoms with E-state index in [0.29, 0.717) is 17.1 Å². The van der Waals surface area contributed by atoms with Gasteiger partial charge in [-0.1, -0.05) is 35.9 Å². The topological polar surface area (TPSA) is 86.0 Å². The fourth-order valence-corrected chi connectivity index (χ4v) is 4.45. The molecule has 0 aliphatic carbocycles. The number of benzene rings is 3. The smallest absolute Gasteiger partial charge is 0.267 e. The van der Waals surface area contributed by atoms with Gasteiger partial charge in [0.25, 0.3) is 11.5 Å². The van der Waals surface area contributed by atoms with E-state index in [1.165, 1.54) is 11.1 Å². The second-order valence-corrected chi connectivity index (χ2v) is 9.16. The Balaban J connectivity index is 1.46. The Morgan fingerprint density at radius 2 is 1.47 bits per heavy atom. The third-order valence-electron chi connectivity index (χ3n) is 6.38. The van der Waals surface area contributed by atoms with Crippen molar-refractivity contribution in [2.24, 2.45) is 5.10 Å². The SMILES string of the molecule is COc1ccc(C2=NN(C(=O)Cn3nc(-c4ccc(Cl)cc4)ccc3=O)C(c3ccc(OC)cc3)C2)cc1. The molecule has 1 aliphatic heterocycles. The lowest BCUT2D eigenvalue weighted by atomic mass is 9.98. The number of rotatable bonds is 7. The van der Waals surface area contributed by atoms with Gasteiger partial charge < -0.3 is 9.47 Å². The van der Waals surface area contributed by atoms with Gasteiger partial charge in [0.1, 0.15) is 18.0 Å². The molecule has 0 saturated heterocycles. The van der Waals surface area contributed by atoms with E-state index >= 15 is 0 Å². The summed E-state index contributed by atoms with van der Waals surface area (Å²) >= 11 is 6.00. The molecule has 0 saturated carbocycles. The second-order valence-electron chi connectivity index (χ2n) is 8.73. The molecule has 9 heteroatoms. The number of methoxy groups -OCH3 is 2. The number of ether oxygens (including phenoxy) is 2. The molecule has 192 valence electrons. The quantitative estimate of drug-likeness (QED) is 0.338. The van der Waals surface area contributed by atoms with Gasteiger partial charge in [0.15, 0.2) is 0 Å². The van der Waals surface area contributed by atoms with Crippen molar-refractivity contribution in [2.75, 3.05) is 14.2 Å². The number of hydrogen-bond acceptors (Lipinski definition) is 6. The van der Waals surface area contributed by atoms with Gasteiger partial charge in [0, 0.05) is 23.1 Å². The number of aromatic nitrogens is 2. The maximum absolute atomic E-state index is 13.6. The van der Waals surface area contributed by atoms with Crippen molar-refractivity contribution in [3.8, 4) is 22.8 Å². The molecular formula is C29H25ClN4O4. The summed E-state index contributed by atoms with van der Waals surface area (Å²) < 4.78 is 11.7. The Morgan fingerprint density at radius 1 is 0.868 bits per heavy atom. The van der Waals surface area contributed by atoms with Crippen LogP contribution in [0.15, 0.2) is 94.8 Å². The molecule has 3 aromatic carbocycles. The fourth-order valence-electron chi connectivity index (χ4n) is 4.32. The average Bonchev–Trinajstić information content (AvgIpc) is 3.40. The third kappa shape index (κ3) is 5.31. The van der Waals surface area contributed by atoms with Crippen LogP contribution >= 0.6 is 11.6 Å². The first-order chi connectivity index (χ1) is 18.4. The van der Waals surface area contributed by atoms with Crippen LogP contribution in [0, 0.1) is 0 Å². The lowest BCUT2D eigenvalue weighted by Gasteiger charge is -2.22. The van der Waals surface area contributed by atoms with E-state index in [9.17, 15) is 9.59 Å². The molecule has 2 heterocycles. The number of carbonyl (C=O) groups is 1. The summed E-state index contributed by atoms with van der Waals surface area (Å²) in [7, 11) is 3.22. The van der Waals surface area contributed by atoms with Crippen LogP contribution in [0.5, 0.6) is 11.5 Å². The highest BCUT2D eigenvalue weighted by molar-refractivity contribution is 6.30. The van der Waals surface area contributed by atoms with E-state index in [4.69, 9.17) is 26.2 Å². The van der Waals surface area contributed by atoms with Crippen LogP contribution < -0.4 is 15.0 Å². The van der Waals surface area contributed by atoms with Gasteiger partial charge in [0.05, 0.1) is 31.7 Å². The summed E-state index contributed by atoms with van der Waals surface area (Å²) in [6.45, 7) is -0.258. The van der Waals surface area contributed by atoms with Gasteiger partial charge in [-0.3, -0.25) is 9.59 Å². The maximum atomic E-state index is 13.6. The summed E-state index contributed by atoms with van der Waals surface area (Å²) in [5.74, 6) is 1.10. The number of halogens is 1. The van der Waals surface area contributed by atoms with Crippen molar-refractivity contribution >= 4 is 23.2 Å². The van der Waals surface area contributed by atoms with Gasteiger partial charge in [-0.15, -0.1) is 0 Å². The molecular weight excluding hydrogens is 504 g/mol. The monoisotopic (exact) mass is 528 g/mol. The van der Waals surface area contributed by atoms with Crippen LogP contribution in [0.25, 0.3) is 11.3 Å². The molecule has 4 aromatic rings.